The number of hydrazine groups is 1. The van der Waals surface area contributed by atoms with Crippen LogP contribution in [0.3, 0.4) is 0 Å². The van der Waals surface area contributed by atoms with Crippen molar-refractivity contribution in [3.8, 4) is 0 Å². The van der Waals surface area contributed by atoms with Gasteiger partial charge in [-0.15, -0.1) is 0 Å². The van der Waals surface area contributed by atoms with E-state index in [0.29, 0.717) is 25.8 Å². The Morgan fingerprint density at radius 1 is 0.933 bits per heavy atom. The second-order valence-electron chi connectivity index (χ2n) is 8.19. The number of ether oxygens (including phenoxy) is 1. The third-order valence-corrected chi connectivity index (χ3v) is 7.91. The van der Waals surface area contributed by atoms with Crippen LogP contribution in [0, 0.1) is 0 Å². The van der Waals surface area contributed by atoms with Crippen LogP contribution in [-0.4, -0.2) is 64.9 Å². The molecule has 6 nitrogen and oxygen atoms in total. The molecule has 1 aliphatic heterocycles. The second-order valence-corrected chi connectivity index (χ2v) is 10.6. The molecule has 2 N–H and O–H groups in total. The van der Waals surface area contributed by atoms with Crippen molar-refractivity contribution in [3.63, 3.8) is 0 Å². The van der Waals surface area contributed by atoms with Crippen LogP contribution in [0.4, 0.5) is 0 Å². The molecule has 1 aromatic carbocycles. The van der Waals surface area contributed by atoms with Crippen LogP contribution < -0.4 is 0 Å². The Hall–Kier alpha value is -0.880. The monoisotopic (exact) mass is 439 g/mol. The molecule has 0 unspecified atom stereocenters. The molecule has 0 aromatic heterocycles. The highest BCUT2D eigenvalue weighted by Gasteiger charge is 2.42. The molecule has 2 rings (SSSR count). The van der Waals surface area contributed by atoms with Gasteiger partial charge in [0.1, 0.15) is 6.16 Å². The van der Waals surface area contributed by atoms with E-state index in [4.69, 9.17) is 4.74 Å². The Balaban J connectivity index is 1.42. The average Bonchev–Trinajstić information content (AvgIpc) is 2.78. The fourth-order valence-electron chi connectivity index (χ4n) is 3.81. The van der Waals surface area contributed by atoms with Crippen molar-refractivity contribution < 1.29 is 19.3 Å². The molecule has 0 aliphatic carbocycles. The summed E-state index contributed by atoms with van der Waals surface area (Å²) in [5, 5.41) is 1.99. The zero-order chi connectivity index (χ0) is 21.7. The standard InChI is InChI=1S/C23H40N2O4P/c1-24(25-17-19-29-20-18-25)30(27,28)21-13-8-6-4-2-3-5-7-12-16-23(26)22-14-10-9-11-15-22/h9-11,14-15,27-28H,2-8,12-13,16-21H2,1H3/q+1. The maximum Gasteiger partial charge on any atom is 0.356 e. The SMILES string of the molecule is CN(N1CCOCC1)[P+](O)(O)CCCCCCCCCCCC(=O)c1ccccc1. The topological polar surface area (TPSA) is 73.2 Å². The maximum absolute atomic E-state index is 12.0. The average molecular weight is 440 g/mol. The molecule has 170 valence electrons. The third kappa shape index (κ3) is 9.51. The lowest BCUT2D eigenvalue weighted by Gasteiger charge is -2.34. The predicted molar refractivity (Wildman–Crippen MR) is 123 cm³/mol. The van der Waals surface area contributed by atoms with Gasteiger partial charge >= 0.3 is 7.87 Å². The van der Waals surface area contributed by atoms with Crippen molar-refractivity contribution >= 4 is 13.7 Å². The summed E-state index contributed by atoms with van der Waals surface area (Å²) in [5.41, 5.74) is 0.825. The zero-order valence-corrected chi connectivity index (χ0v) is 19.4. The number of carbonyl (C=O) groups is 1. The summed E-state index contributed by atoms with van der Waals surface area (Å²) >= 11 is 0. The van der Waals surface area contributed by atoms with Gasteiger partial charge in [0, 0.05) is 32.1 Å². The van der Waals surface area contributed by atoms with E-state index in [1.165, 1.54) is 25.7 Å². The highest BCUT2D eigenvalue weighted by molar-refractivity contribution is 7.62. The highest BCUT2D eigenvalue weighted by atomic mass is 31.2. The Kier molecular flexibility index (Phi) is 12.0. The van der Waals surface area contributed by atoms with Crippen LogP contribution in [-0.2, 0) is 4.74 Å². The van der Waals surface area contributed by atoms with Gasteiger partial charge in [-0.05, 0) is 19.3 Å². The van der Waals surface area contributed by atoms with E-state index in [0.717, 1.165) is 50.8 Å². The first-order chi connectivity index (χ1) is 14.5. The summed E-state index contributed by atoms with van der Waals surface area (Å²) < 4.78 is 6.99. The van der Waals surface area contributed by atoms with Crippen LogP contribution in [0.5, 0.6) is 0 Å². The summed E-state index contributed by atoms with van der Waals surface area (Å²) in [6, 6.07) is 9.55. The van der Waals surface area contributed by atoms with Gasteiger partial charge in [-0.1, -0.05) is 73.6 Å². The number of benzene rings is 1. The third-order valence-electron chi connectivity index (χ3n) is 5.82. The van der Waals surface area contributed by atoms with Crippen molar-refractivity contribution in [2.24, 2.45) is 0 Å². The minimum absolute atomic E-state index is 0.251. The minimum Gasteiger partial charge on any atom is -0.379 e. The van der Waals surface area contributed by atoms with E-state index in [-0.39, 0.29) is 5.78 Å². The summed E-state index contributed by atoms with van der Waals surface area (Å²) in [7, 11) is -1.25. The highest BCUT2D eigenvalue weighted by Crippen LogP contribution is 2.54. The number of rotatable bonds is 15. The van der Waals surface area contributed by atoms with Gasteiger partial charge in [-0.25, -0.2) is 14.8 Å². The number of unbranched alkanes of at least 4 members (excludes halogenated alkanes) is 8. The largest absolute Gasteiger partial charge is 0.379 e. The molecular formula is C23H40N2O4P+. The Labute approximate surface area is 182 Å². The number of ketones is 1. The molecule has 0 bridgehead atoms. The number of morpholine rings is 1. The number of hydrogen-bond acceptors (Lipinski definition) is 6. The van der Waals surface area contributed by atoms with Gasteiger partial charge in [0.15, 0.2) is 5.78 Å². The van der Waals surface area contributed by atoms with Gasteiger partial charge < -0.3 is 4.74 Å². The Morgan fingerprint density at radius 2 is 1.47 bits per heavy atom. The molecule has 0 amide bonds. The fourth-order valence-corrected chi connectivity index (χ4v) is 5.33. The quantitative estimate of drug-likeness (QED) is 0.235. The van der Waals surface area contributed by atoms with Gasteiger partial charge in [-0.3, -0.25) is 4.79 Å². The van der Waals surface area contributed by atoms with Crippen LogP contribution in [0.2, 0.25) is 0 Å². The van der Waals surface area contributed by atoms with E-state index in [2.05, 4.69) is 0 Å². The molecule has 1 aliphatic rings. The zero-order valence-electron chi connectivity index (χ0n) is 18.5. The minimum atomic E-state index is -3.03. The van der Waals surface area contributed by atoms with Crippen molar-refractivity contribution in [1.29, 1.82) is 0 Å². The molecule has 0 spiro atoms. The first-order valence-electron chi connectivity index (χ1n) is 11.5. The summed E-state index contributed by atoms with van der Waals surface area (Å²) in [5.74, 6) is 0.251. The number of carbonyl (C=O) groups excluding carboxylic acids is 1. The maximum atomic E-state index is 12.0. The molecule has 30 heavy (non-hydrogen) atoms. The molecule has 0 atom stereocenters. The molecular weight excluding hydrogens is 399 g/mol. The van der Waals surface area contributed by atoms with Gasteiger partial charge in [0.2, 0.25) is 0 Å². The van der Waals surface area contributed by atoms with E-state index < -0.39 is 7.87 Å². The summed E-state index contributed by atoms with van der Waals surface area (Å²) in [6.45, 7) is 2.74. The van der Waals surface area contributed by atoms with E-state index in [1.807, 2.05) is 35.3 Å². The lowest BCUT2D eigenvalue weighted by atomic mass is 10.0. The molecule has 0 radical (unpaired) electrons. The second kappa shape index (κ2) is 14.2. The van der Waals surface area contributed by atoms with E-state index >= 15 is 0 Å². The Bertz CT molecular complexity index is 594. The van der Waals surface area contributed by atoms with Crippen LogP contribution in [0.1, 0.15) is 74.6 Å². The lowest BCUT2D eigenvalue weighted by molar-refractivity contribution is -0.0404. The van der Waals surface area contributed by atoms with Gasteiger partial charge in [0.25, 0.3) is 0 Å². The van der Waals surface area contributed by atoms with Crippen LogP contribution in [0.15, 0.2) is 30.3 Å². The molecule has 1 aromatic rings. The first-order valence-corrected chi connectivity index (χ1v) is 13.3. The lowest BCUT2D eigenvalue weighted by Crippen LogP contribution is -2.46. The van der Waals surface area contributed by atoms with Crippen molar-refractivity contribution in [2.45, 2.75) is 64.2 Å². The van der Waals surface area contributed by atoms with Gasteiger partial charge in [-0.2, -0.15) is 0 Å². The molecule has 7 heteroatoms. The van der Waals surface area contributed by atoms with Crippen molar-refractivity contribution in [1.82, 2.24) is 9.79 Å². The fraction of sp³-hybridized carbons (Fsp3) is 0.696. The van der Waals surface area contributed by atoms with Crippen LogP contribution >= 0.6 is 7.87 Å². The number of Topliss-reactive ketones (excluding diaryl/α,β-unsaturated/α-hetero) is 1. The molecule has 1 saturated heterocycles. The summed E-state index contributed by atoms with van der Waals surface area (Å²) in [4.78, 5) is 33.0. The predicted octanol–water partition coefficient (Wildman–Crippen LogP) is 4.70. The molecule has 1 fully saturated rings. The van der Waals surface area contributed by atoms with E-state index in [1.54, 1.807) is 11.8 Å². The first kappa shape index (κ1) is 25.4. The van der Waals surface area contributed by atoms with E-state index in [9.17, 15) is 14.6 Å². The normalized spacial score (nSPS) is 15.6. The van der Waals surface area contributed by atoms with Crippen molar-refractivity contribution in [3.05, 3.63) is 35.9 Å². The molecule has 0 saturated carbocycles. The summed E-state index contributed by atoms with van der Waals surface area (Å²) in [6.07, 6.45) is 11.1. The Morgan fingerprint density at radius 3 is 2.07 bits per heavy atom. The number of hydrogen-bond donors (Lipinski definition) is 2. The van der Waals surface area contributed by atoms with Crippen LogP contribution in [0.25, 0.3) is 0 Å². The van der Waals surface area contributed by atoms with Gasteiger partial charge in [0.05, 0.1) is 13.2 Å². The van der Waals surface area contributed by atoms with Crippen molar-refractivity contribution in [2.75, 3.05) is 39.5 Å². The molecule has 1 heterocycles. The smallest absolute Gasteiger partial charge is 0.356 e. The number of nitrogens with zero attached hydrogens (tertiary/aromatic N) is 2.